The van der Waals surface area contributed by atoms with Gasteiger partial charge in [0, 0.05) is 11.5 Å². The summed E-state index contributed by atoms with van der Waals surface area (Å²) in [5, 5.41) is 12.4. The molecule has 0 heterocycles. The third-order valence-electron chi connectivity index (χ3n) is 6.69. The molecule has 0 saturated carbocycles. The minimum absolute atomic E-state index is 0.271. The number of rotatable bonds is 18. The first-order chi connectivity index (χ1) is 20.2. The van der Waals surface area contributed by atoms with Gasteiger partial charge in [-0.1, -0.05) is 76.9 Å². The van der Waals surface area contributed by atoms with Gasteiger partial charge in [-0.25, -0.2) is 4.79 Å². The molecule has 2 aromatic carbocycles. The van der Waals surface area contributed by atoms with Crippen molar-refractivity contribution >= 4 is 23.6 Å². The van der Waals surface area contributed by atoms with Crippen molar-refractivity contribution in [3.63, 3.8) is 0 Å². The fraction of sp³-hybridized carbons (Fsp3) is 0.389. The molecule has 0 radical (unpaired) electrons. The van der Waals surface area contributed by atoms with E-state index in [0.29, 0.717) is 22.8 Å². The molecule has 0 bridgehead atoms. The summed E-state index contributed by atoms with van der Waals surface area (Å²) in [6.07, 6.45) is 15.5. The molecule has 2 aromatic rings. The van der Waals surface area contributed by atoms with Crippen molar-refractivity contribution in [1.29, 1.82) is 0 Å². The Balaban J connectivity index is 1.76. The molecule has 0 aromatic heterocycles. The number of carbonyl (C=O) groups excluding carboxylic acids is 1. The van der Waals surface area contributed by atoms with Crippen molar-refractivity contribution in [2.75, 3.05) is 11.5 Å². The second-order valence-electron chi connectivity index (χ2n) is 10.9. The van der Waals surface area contributed by atoms with Gasteiger partial charge in [0.25, 0.3) is 5.91 Å². The molecule has 1 atom stereocenters. The van der Waals surface area contributed by atoms with Gasteiger partial charge >= 0.3 is 5.97 Å². The monoisotopic (exact) mass is 589 g/mol. The van der Waals surface area contributed by atoms with E-state index in [2.05, 4.69) is 64.2 Å². The number of para-hydroxylation sites is 2. The van der Waals surface area contributed by atoms with E-state index in [1.165, 1.54) is 34.1 Å². The predicted octanol–water partition coefficient (Wildman–Crippen LogP) is 9.54. The Morgan fingerprint density at radius 2 is 1.33 bits per heavy atom. The minimum atomic E-state index is -1.06. The highest BCUT2D eigenvalue weighted by atomic mass is 32.2. The molecule has 2 rings (SSSR count). The van der Waals surface area contributed by atoms with Crippen molar-refractivity contribution < 1.29 is 19.4 Å². The largest absolute Gasteiger partial charge is 0.480 e. The van der Waals surface area contributed by atoms with E-state index in [1.54, 1.807) is 36.4 Å². The van der Waals surface area contributed by atoms with E-state index in [4.69, 9.17) is 4.74 Å². The number of carboxylic acids is 1. The minimum Gasteiger partial charge on any atom is -0.480 e. The molecule has 0 aliphatic carbocycles. The molecule has 6 heteroatoms. The van der Waals surface area contributed by atoms with Gasteiger partial charge in [0.15, 0.2) is 0 Å². The first-order valence-corrected chi connectivity index (χ1v) is 15.8. The zero-order valence-electron chi connectivity index (χ0n) is 25.8. The van der Waals surface area contributed by atoms with Crippen molar-refractivity contribution in [3.8, 4) is 11.5 Å². The van der Waals surface area contributed by atoms with E-state index in [1.807, 2.05) is 18.2 Å². The van der Waals surface area contributed by atoms with Gasteiger partial charge in [0.05, 0.1) is 5.56 Å². The van der Waals surface area contributed by atoms with Gasteiger partial charge in [-0.15, -0.1) is 0 Å². The normalized spacial score (nSPS) is 12.9. The van der Waals surface area contributed by atoms with Crippen LogP contribution in [-0.2, 0) is 4.79 Å². The van der Waals surface area contributed by atoms with E-state index >= 15 is 0 Å². The van der Waals surface area contributed by atoms with Crippen molar-refractivity contribution in [2.24, 2.45) is 0 Å². The lowest BCUT2D eigenvalue weighted by molar-refractivity contribution is -0.138. The van der Waals surface area contributed by atoms with Crippen LogP contribution in [0.5, 0.6) is 11.5 Å². The molecule has 0 fully saturated rings. The maximum Gasteiger partial charge on any atom is 0.327 e. The zero-order valence-corrected chi connectivity index (χ0v) is 26.6. The maximum absolute atomic E-state index is 13.0. The molecule has 1 amide bonds. The first kappa shape index (κ1) is 34.7. The predicted molar refractivity (Wildman–Crippen MR) is 178 cm³/mol. The Kier molecular flexibility index (Phi) is 16.2. The summed E-state index contributed by atoms with van der Waals surface area (Å²) in [5.41, 5.74) is 5.84. The summed E-state index contributed by atoms with van der Waals surface area (Å²) in [6.45, 7) is 10.8. The van der Waals surface area contributed by atoms with E-state index in [0.717, 1.165) is 38.5 Å². The molecule has 0 aliphatic rings. The van der Waals surface area contributed by atoms with Crippen LogP contribution >= 0.6 is 11.8 Å². The van der Waals surface area contributed by atoms with Gasteiger partial charge in [-0.3, -0.25) is 4.79 Å². The number of aliphatic carboxylic acids is 1. The number of carboxylic acid groups (broad SMARTS) is 1. The van der Waals surface area contributed by atoms with Crippen molar-refractivity contribution in [2.45, 2.75) is 79.2 Å². The van der Waals surface area contributed by atoms with Crippen LogP contribution in [-0.4, -0.2) is 34.5 Å². The summed E-state index contributed by atoms with van der Waals surface area (Å²) in [4.78, 5) is 24.8. The fourth-order valence-electron chi connectivity index (χ4n) is 4.14. The Morgan fingerprint density at radius 3 is 1.93 bits per heavy atom. The highest BCUT2D eigenvalue weighted by molar-refractivity contribution is 7.99. The van der Waals surface area contributed by atoms with Gasteiger partial charge < -0.3 is 15.2 Å². The molecule has 2 N–H and O–H groups in total. The van der Waals surface area contributed by atoms with Crippen LogP contribution in [0.3, 0.4) is 0 Å². The lowest BCUT2D eigenvalue weighted by atomic mass is 10.0. The third-order valence-corrected chi connectivity index (χ3v) is 7.67. The number of hydrogen-bond acceptors (Lipinski definition) is 4. The van der Waals surface area contributed by atoms with Gasteiger partial charge in [-0.05, 0) is 97.4 Å². The number of carbonyl (C=O) groups is 2. The van der Waals surface area contributed by atoms with Crippen LogP contribution in [0, 0.1) is 0 Å². The highest BCUT2D eigenvalue weighted by Crippen LogP contribution is 2.25. The highest BCUT2D eigenvalue weighted by Gasteiger charge is 2.22. The standard InChI is InChI=1S/C36H47NO4S/c1-27(2)14-11-15-28(3)16-12-17-29(4)18-13-19-30(5)24-25-42-26-33(36(39)40)37-35(38)32-22-9-10-23-34(32)41-31-20-7-6-8-21-31/h6-10,14,16,18,20-24,33H,11-13,15,17,19,25-26H2,1-5H3,(H,37,38)(H,39,40)/b28-16+,29-18+,30-24+/t33-/m0/s1. The molecular formula is C36H47NO4S. The number of ether oxygens (including phenoxy) is 1. The summed E-state index contributed by atoms with van der Waals surface area (Å²) in [6, 6.07) is 15.0. The number of amides is 1. The fourth-order valence-corrected chi connectivity index (χ4v) is 5.14. The molecule has 42 heavy (non-hydrogen) atoms. The number of allylic oxidation sites excluding steroid dienone is 7. The zero-order chi connectivity index (χ0) is 30.7. The van der Waals surface area contributed by atoms with Crippen LogP contribution in [0.2, 0.25) is 0 Å². The Morgan fingerprint density at radius 1 is 0.786 bits per heavy atom. The lowest BCUT2D eigenvalue weighted by Crippen LogP contribution is -2.42. The summed E-state index contributed by atoms with van der Waals surface area (Å²) >= 11 is 1.49. The van der Waals surface area contributed by atoms with Crippen LogP contribution in [0.25, 0.3) is 0 Å². The lowest BCUT2D eigenvalue weighted by Gasteiger charge is -2.16. The van der Waals surface area contributed by atoms with Gasteiger partial charge in [0.2, 0.25) is 0 Å². The molecule has 0 spiro atoms. The topological polar surface area (TPSA) is 75.6 Å². The molecule has 0 unspecified atom stereocenters. The molecule has 0 saturated heterocycles. The third kappa shape index (κ3) is 14.4. The molecule has 5 nitrogen and oxygen atoms in total. The number of hydrogen-bond donors (Lipinski definition) is 2. The van der Waals surface area contributed by atoms with E-state index in [-0.39, 0.29) is 5.75 Å². The number of benzene rings is 2. The summed E-state index contributed by atoms with van der Waals surface area (Å²) < 4.78 is 5.86. The number of thioether (sulfide) groups is 1. The quantitative estimate of drug-likeness (QED) is 0.134. The second-order valence-corrected chi connectivity index (χ2v) is 11.9. The van der Waals surface area contributed by atoms with E-state index in [9.17, 15) is 14.7 Å². The Labute approximate surface area is 256 Å². The molecule has 0 aliphatic heterocycles. The Bertz CT molecular complexity index is 1260. The van der Waals surface area contributed by atoms with Crippen LogP contribution < -0.4 is 10.1 Å². The SMILES string of the molecule is CC(C)=CCC/C(C)=C/CC/C(C)=C/CC/C(C)=C/CSC[C@H](NC(=O)c1ccccc1Oc1ccccc1)C(=O)O. The second kappa shape index (κ2) is 19.6. The molecular weight excluding hydrogens is 542 g/mol. The smallest absolute Gasteiger partial charge is 0.327 e. The number of nitrogens with one attached hydrogen (secondary N) is 1. The van der Waals surface area contributed by atoms with Gasteiger partial charge in [0.1, 0.15) is 17.5 Å². The summed E-state index contributed by atoms with van der Waals surface area (Å²) in [7, 11) is 0. The average Bonchev–Trinajstić information content (AvgIpc) is 2.95. The molecule has 226 valence electrons. The average molecular weight is 590 g/mol. The maximum atomic E-state index is 13.0. The Hall–Kier alpha value is -3.51. The van der Waals surface area contributed by atoms with Crippen LogP contribution in [0.4, 0.5) is 0 Å². The van der Waals surface area contributed by atoms with Crippen LogP contribution in [0.15, 0.2) is 101 Å². The van der Waals surface area contributed by atoms with E-state index < -0.39 is 17.9 Å². The van der Waals surface area contributed by atoms with Gasteiger partial charge in [-0.2, -0.15) is 11.8 Å². The first-order valence-electron chi connectivity index (χ1n) is 14.7. The van der Waals surface area contributed by atoms with Crippen molar-refractivity contribution in [1.82, 2.24) is 5.32 Å². The van der Waals surface area contributed by atoms with Crippen molar-refractivity contribution in [3.05, 3.63) is 107 Å². The van der Waals surface area contributed by atoms with Crippen LogP contribution in [0.1, 0.15) is 83.5 Å². The summed E-state index contributed by atoms with van der Waals surface area (Å²) in [5.74, 6) is 0.409.